The molecule has 1 unspecified atom stereocenters. The molecule has 0 saturated heterocycles. The number of nitrogens with zero attached hydrogens (tertiary/aromatic N) is 1. The van der Waals surface area contributed by atoms with E-state index < -0.39 is 17.8 Å². The second-order valence-electron chi connectivity index (χ2n) is 6.92. The molecule has 0 aliphatic heterocycles. The first kappa shape index (κ1) is 24.6. The van der Waals surface area contributed by atoms with Crippen molar-refractivity contribution in [1.82, 2.24) is 4.98 Å². The molecule has 1 N–H and O–H groups in total. The molecule has 158 valence electrons. The monoisotopic (exact) mass is 405 g/mol. The standard InChI is InChI=1S/C21H22F3NO.C3H8/c1-5-13(4)20(26)17-12-19(25-18(7-3)16(17)6-2)14-8-10-15(11-9-14)21(22,23)24;1-3-2/h6-13,20,26H,2-3,5H2,1,4H3;3H2,1-2H3/t13-,20?;/m1./s1. The first-order valence-electron chi connectivity index (χ1n) is 9.79. The number of aliphatic hydroxyl groups is 1. The van der Waals surface area contributed by atoms with Gasteiger partial charge < -0.3 is 5.11 Å². The number of aromatic nitrogens is 1. The minimum atomic E-state index is -4.39. The van der Waals surface area contributed by atoms with Crippen molar-refractivity contribution < 1.29 is 18.3 Å². The maximum atomic E-state index is 12.8. The lowest BCUT2D eigenvalue weighted by atomic mass is 9.90. The molecule has 5 heteroatoms. The summed E-state index contributed by atoms with van der Waals surface area (Å²) in [7, 11) is 0. The van der Waals surface area contributed by atoms with Crippen LogP contribution in [0.4, 0.5) is 13.2 Å². The first-order chi connectivity index (χ1) is 13.6. The minimum absolute atomic E-state index is 0.00854. The Labute approximate surface area is 171 Å². The van der Waals surface area contributed by atoms with Crippen LogP contribution in [0.1, 0.15) is 69.0 Å². The number of alkyl halides is 3. The maximum Gasteiger partial charge on any atom is 0.416 e. The van der Waals surface area contributed by atoms with Gasteiger partial charge in [0.1, 0.15) is 0 Å². The van der Waals surface area contributed by atoms with Gasteiger partial charge in [0.15, 0.2) is 0 Å². The average Bonchev–Trinajstić information content (AvgIpc) is 2.71. The topological polar surface area (TPSA) is 33.1 Å². The lowest BCUT2D eigenvalue weighted by Crippen LogP contribution is -2.11. The number of hydrogen-bond donors (Lipinski definition) is 1. The van der Waals surface area contributed by atoms with Gasteiger partial charge in [-0.05, 0) is 35.8 Å². The zero-order valence-electron chi connectivity index (χ0n) is 17.6. The predicted molar refractivity (Wildman–Crippen MR) is 115 cm³/mol. The van der Waals surface area contributed by atoms with E-state index in [1.165, 1.54) is 18.6 Å². The summed E-state index contributed by atoms with van der Waals surface area (Å²) < 4.78 is 38.3. The lowest BCUT2D eigenvalue weighted by Gasteiger charge is -2.21. The van der Waals surface area contributed by atoms with E-state index in [4.69, 9.17) is 0 Å². The Hall–Kier alpha value is -2.40. The molecule has 0 amide bonds. The average molecular weight is 406 g/mol. The Morgan fingerprint density at radius 2 is 1.62 bits per heavy atom. The molecular weight excluding hydrogens is 375 g/mol. The smallest absolute Gasteiger partial charge is 0.388 e. The van der Waals surface area contributed by atoms with E-state index in [0.717, 1.165) is 18.6 Å². The molecule has 0 aliphatic rings. The molecule has 2 atom stereocenters. The SMILES string of the molecule is C=Cc1nc(-c2ccc(C(F)(F)F)cc2)cc(C(O)[C@H](C)CC)c1C=C.CCC. The third-order valence-electron chi connectivity index (χ3n) is 4.53. The molecule has 1 aromatic carbocycles. The number of benzene rings is 1. The van der Waals surface area contributed by atoms with Gasteiger partial charge in [0.2, 0.25) is 0 Å². The molecule has 0 fully saturated rings. The Morgan fingerprint density at radius 1 is 1.07 bits per heavy atom. The summed E-state index contributed by atoms with van der Waals surface area (Å²) in [6, 6.07) is 6.52. The van der Waals surface area contributed by atoms with Crippen LogP contribution in [-0.4, -0.2) is 10.1 Å². The van der Waals surface area contributed by atoms with Crippen LogP contribution in [0.3, 0.4) is 0 Å². The molecule has 1 aromatic heterocycles. The summed E-state index contributed by atoms with van der Waals surface area (Å²) in [6.45, 7) is 15.7. The quantitative estimate of drug-likeness (QED) is 0.538. The van der Waals surface area contributed by atoms with E-state index in [1.807, 2.05) is 13.8 Å². The third-order valence-corrected chi connectivity index (χ3v) is 4.53. The highest BCUT2D eigenvalue weighted by atomic mass is 19.4. The van der Waals surface area contributed by atoms with E-state index >= 15 is 0 Å². The zero-order chi connectivity index (χ0) is 22.2. The molecule has 2 nitrogen and oxygen atoms in total. The van der Waals surface area contributed by atoms with Crippen LogP contribution < -0.4 is 0 Å². The summed E-state index contributed by atoms with van der Waals surface area (Å²) >= 11 is 0. The predicted octanol–water partition coefficient (Wildman–Crippen LogP) is 7.55. The minimum Gasteiger partial charge on any atom is -0.388 e. The van der Waals surface area contributed by atoms with Gasteiger partial charge in [-0.1, -0.05) is 71.9 Å². The Balaban J connectivity index is 0.00000132. The van der Waals surface area contributed by atoms with Gasteiger partial charge in [0, 0.05) is 11.1 Å². The van der Waals surface area contributed by atoms with Crippen molar-refractivity contribution in [3.05, 3.63) is 65.9 Å². The van der Waals surface area contributed by atoms with Crippen LogP contribution in [0.15, 0.2) is 43.5 Å². The van der Waals surface area contributed by atoms with E-state index in [-0.39, 0.29) is 5.92 Å². The normalized spacial score (nSPS) is 13.1. The molecule has 0 spiro atoms. The van der Waals surface area contributed by atoms with Crippen LogP contribution in [0, 0.1) is 5.92 Å². The Bertz CT molecular complexity index is 810. The summed E-state index contributed by atoms with van der Waals surface area (Å²) in [4.78, 5) is 4.47. The van der Waals surface area contributed by atoms with Gasteiger partial charge in [-0.3, -0.25) is 0 Å². The first-order valence-corrected chi connectivity index (χ1v) is 9.79. The Kier molecular flexibility index (Phi) is 9.31. The molecule has 0 aliphatic carbocycles. The maximum absolute atomic E-state index is 12.8. The second kappa shape index (κ2) is 11.0. The van der Waals surface area contributed by atoms with Crippen LogP contribution in [-0.2, 0) is 6.18 Å². The molecule has 0 radical (unpaired) electrons. The van der Waals surface area contributed by atoms with Crippen LogP contribution in [0.2, 0.25) is 0 Å². The third kappa shape index (κ3) is 6.29. The molecule has 1 heterocycles. The number of halogens is 3. The molecule has 0 bridgehead atoms. The summed E-state index contributed by atoms with van der Waals surface area (Å²) in [5, 5.41) is 10.7. The summed E-state index contributed by atoms with van der Waals surface area (Å²) in [5.41, 5.74) is 2.17. The van der Waals surface area contributed by atoms with Gasteiger partial charge in [-0.2, -0.15) is 13.2 Å². The van der Waals surface area contributed by atoms with Crippen LogP contribution in [0.5, 0.6) is 0 Å². The molecule has 2 aromatic rings. The lowest BCUT2D eigenvalue weighted by molar-refractivity contribution is -0.137. The fourth-order valence-electron chi connectivity index (χ4n) is 2.73. The molecule has 29 heavy (non-hydrogen) atoms. The highest BCUT2D eigenvalue weighted by Crippen LogP contribution is 2.34. The molecular formula is C24H30F3NO. The number of hydrogen-bond acceptors (Lipinski definition) is 2. The molecule has 0 saturated carbocycles. The van der Waals surface area contributed by atoms with E-state index in [9.17, 15) is 18.3 Å². The van der Waals surface area contributed by atoms with Crippen molar-refractivity contribution in [1.29, 1.82) is 0 Å². The van der Waals surface area contributed by atoms with Crippen molar-refractivity contribution in [2.75, 3.05) is 0 Å². The Morgan fingerprint density at radius 3 is 2.03 bits per heavy atom. The fraction of sp³-hybridized carbons (Fsp3) is 0.375. The van der Waals surface area contributed by atoms with Gasteiger partial charge in [-0.15, -0.1) is 0 Å². The van der Waals surface area contributed by atoms with E-state index in [1.54, 1.807) is 18.2 Å². The van der Waals surface area contributed by atoms with Crippen molar-refractivity contribution in [3.63, 3.8) is 0 Å². The zero-order valence-corrected chi connectivity index (χ0v) is 17.6. The molecule has 2 rings (SSSR count). The van der Waals surface area contributed by atoms with Gasteiger partial charge >= 0.3 is 6.18 Å². The van der Waals surface area contributed by atoms with Crippen molar-refractivity contribution in [3.8, 4) is 11.3 Å². The highest BCUT2D eigenvalue weighted by molar-refractivity contribution is 5.70. The summed E-state index contributed by atoms with van der Waals surface area (Å²) in [6.07, 6.45) is 0.0730. The fourth-order valence-corrected chi connectivity index (χ4v) is 2.73. The van der Waals surface area contributed by atoms with Crippen LogP contribution in [0.25, 0.3) is 23.4 Å². The van der Waals surface area contributed by atoms with Gasteiger partial charge in [0.25, 0.3) is 0 Å². The van der Waals surface area contributed by atoms with Crippen LogP contribution >= 0.6 is 0 Å². The number of rotatable bonds is 6. The van der Waals surface area contributed by atoms with Gasteiger partial charge in [-0.25, -0.2) is 4.98 Å². The van der Waals surface area contributed by atoms with E-state index in [0.29, 0.717) is 28.1 Å². The van der Waals surface area contributed by atoms with Gasteiger partial charge in [0.05, 0.1) is 23.1 Å². The van der Waals surface area contributed by atoms with Crippen molar-refractivity contribution in [2.45, 2.75) is 52.8 Å². The second-order valence-corrected chi connectivity index (χ2v) is 6.92. The number of aliphatic hydroxyl groups excluding tert-OH is 1. The van der Waals surface area contributed by atoms with Crippen molar-refractivity contribution in [2.24, 2.45) is 5.92 Å². The van der Waals surface area contributed by atoms with Crippen molar-refractivity contribution >= 4 is 12.2 Å². The summed E-state index contributed by atoms with van der Waals surface area (Å²) in [5.74, 6) is 0.00854. The highest BCUT2D eigenvalue weighted by Gasteiger charge is 2.30. The van der Waals surface area contributed by atoms with E-state index in [2.05, 4.69) is 32.0 Å². The number of pyridine rings is 1. The largest absolute Gasteiger partial charge is 0.416 e.